The molecular weight excluding hydrogens is 247 g/mol. The predicted molar refractivity (Wildman–Crippen MR) is 61.2 cm³/mol. The minimum absolute atomic E-state index is 0.0386. The molecule has 3 nitrogen and oxygen atoms in total. The molecule has 1 rings (SSSR count). The number of hydrogen-bond acceptors (Lipinski definition) is 3. The third kappa shape index (κ3) is 4.93. The van der Waals surface area contributed by atoms with Crippen LogP contribution < -0.4 is 10.1 Å². The summed E-state index contributed by atoms with van der Waals surface area (Å²) >= 11 is 0. The maximum atomic E-state index is 12.1. The molecule has 0 aromatic heterocycles. The van der Waals surface area contributed by atoms with Crippen LogP contribution in [-0.4, -0.2) is 24.1 Å². The second kappa shape index (κ2) is 6.06. The highest BCUT2D eigenvalue weighted by molar-refractivity contribution is 5.30. The third-order valence-electron chi connectivity index (χ3n) is 2.40. The first-order valence-corrected chi connectivity index (χ1v) is 5.54. The molecule has 0 spiro atoms. The van der Waals surface area contributed by atoms with Gasteiger partial charge in [-0.3, -0.25) is 0 Å². The normalized spacial score (nSPS) is 15.2. The molecule has 2 N–H and O–H groups in total. The van der Waals surface area contributed by atoms with E-state index < -0.39 is 6.36 Å². The van der Waals surface area contributed by atoms with Gasteiger partial charge in [-0.1, -0.05) is 12.1 Å². The van der Waals surface area contributed by atoms with E-state index in [2.05, 4.69) is 10.1 Å². The van der Waals surface area contributed by atoms with E-state index in [1.807, 2.05) is 0 Å². The smallest absolute Gasteiger partial charge is 0.406 e. The van der Waals surface area contributed by atoms with Crippen LogP contribution in [0.3, 0.4) is 0 Å². The summed E-state index contributed by atoms with van der Waals surface area (Å²) < 4.78 is 40.1. The average Bonchev–Trinajstić information content (AvgIpc) is 2.26. The van der Waals surface area contributed by atoms with Crippen molar-refractivity contribution in [2.45, 2.75) is 32.3 Å². The Bertz CT molecular complexity index is 382. The number of nitrogens with one attached hydrogen (secondary N) is 1. The molecule has 0 saturated carbocycles. The lowest BCUT2D eigenvalue weighted by Gasteiger charge is -2.19. The van der Waals surface area contributed by atoms with Gasteiger partial charge in [0.2, 0.25) is 0 Å². The summed E-state index contributed by atoms with van der Waals surface area (Å²) in [4.78, 5) is 0. The number of ether oxygens (including phenoxy) is 1. The van der Waals surface area contributed by atoms with Crippen LogP contribution in [0.2, 0.25) is 0 Å². The molecule has 0 radical (unpaired) electrons. The van der Waals surface area contributed by atoms with E-state index in [-0.39, 0.29) is 24.4 Å². The Morgan fingerprint density at radius 2 is 2.00 bits per heavy atom. The minimum Gasteiger partial charge on any atom is -0.406 e. The Kier molecular flexibility index (Phi) is 4.98. The van der Waals surface area contributed by atoms with Gasteiger partial charge >= 0.3 is 6.36 Å². The van der Waals surface area contributed by atoms with Crippen LogP contribution in [-0.2, 0) is 0 Å². The molecule has 0 heterocycles. The number of hydrogen-bond donors (Lipinski definition) is 2. The Hall–Kier alpha value is -1.27. The second-order valence-electron chi connectivity index (χ2n) is 4.09. The van der Waals surface area contributed by atoms with Crippen molar-refractivity contribution in [3.8, 4) is 5.75 Å². The molecular formula is C12H16F3NO2. The standard InChI is InChI=1S/C12H16F3NO2/c1-8(7-17)16-9(2)10-4-3-5-11(6-10)18-12(13,14)15/h3-6,8-9,16-17H,7H2,1-2H3/t8-,9?/m1/s1. The van der Waals surface area contributed by atoms with Gasteiger partial charge in [0.1, 0.15) is 5.75 Å². The van der Waals surface area contributed by atoms with Gasteiger partial charge in [-0.2, -0.15) is 0 Å². The van der Waals surface area contributed by atoms with Crippen molar-refractivity contribution in [3.05, 3.63) is 29.8 Å². The van der Waals surface area contributed by atoms with Gasteiger partial charge in [-0.25, -0.2) is 0 Å². The van der Waals surface area contributed by atoms with Gasteiger partial charge in [-0.05, 0) is 31.5 Å². The zero-order valence-corrected chi connectivity index (χ0v) is 10.2. The number of alkyl halides is 3. The summed E-state index contributed by atoms with van der Waals surface area (Å²) in [5, 5.41) is 12.0. The van der Waals surface area contributed by atoms with E-state index in [1.54, 1.807) is 19.9 Å². The van der Waals surface area contributed by atoms with E-state index in [1.165, 1.54) is 18.2 Å². The molecule has 0 aliphatic carbocycles. The number of aliphatic hydroxyl groups excluding tert-OH is 1. The summed E-state index contributed by atoms with van der Waals surface area (Å²) in [5.74, 6) is -0.245. The van der Waals surface area contributed by atoms with Crippen molar-refractivity contribution in [1.82, 2.24) is 5.32 Å². The Morgan fingerprint density at radius 1 is 1.33 bits per heavy atom. The van der Waals surface area contributed by atoms with Gasteiger partial charge in [0.25, 0.3) is 0 Å². The highest BCUT2D eigenvalue weighted by atomic mass is 19.4. The fourth-order valence-electron chi connectivity index (χ4n) is 1.56. The van der Waals surface area contributed by atoms with Crippen molar-refractivity contribution >= 4 is 0 Å². The SMILES string of the molecule is CC(N[C@H](C)CO)c1cccc(OC(F)(F)F)c1. The molecule has 0 saturated heterocycles. The van der Waals surface area contributed by atoms with Crippen LogP contribution in [0.4, 0.5) is 13.2 Å². The van der Waals surface area contributed by atoms with E-state index in [0.29, 0.717) is 5.56 Å². The van der Waals surface area contributed by atoms with Crippen molar-refractivity contribution in [1.29, 1.82) is 0 Å². The average molecular weight is 263 g/mol. The van der Waals surface area contributed by atoms with Crippen LogP contribution in [0.1, 0.15) is 25.5 Å². The molecule has 0 bridgehead atoms. The van der Waals surface area contributed by atoms with E-state index in [9.17, 15) is 13.2 Å². The molecule has 6 heteroatoms. The lowest BCUT2D eigenvalue weighted by Crippen LogP contribution is -2.31. The highest BCUT2D eigenvalue weighted by Crippen LogP contribution is 2.25. The molecule has 102 valence electrons. The Morgan fingerprint density at radius 3 is 2.56 bits per heavy atom. The molecule has 1 aromatic carbocycles. The van der Waals surface area contributed by atoms with E-state index >= 15 is 0 Å². The second-order valence-corrected chi connectivity index (χ2v) is 4.09. The third-order valence-corrected chi connectivity index (χ3v) is 2.40. The Balaban J connectivity index is 2.75. The van der Waals surface area contributed by atoms with Crippen molar-refractivity contribution in [3.63, 3.8) is 0 Å². The lowest BCUT2D eigenvalue weighted by molar-refractivity contribution is -0.274. The fraction of sp³-hybridized carbons (Fsp3) is 0.500. The number of aliphatic hydroxyl groups is 1. The largest absolute Gasteiger partial charge is 0.573 e. The monoisotopic (exact) mass is 263 g/mol. The van der Waals surface area contributed by atoms with Gasteiger partial charge < -0.3 is 15.2 Å². The maximum absolute atomic E-state index is 12.1. The first-order valence-electron chi connectivity index (χ1n) is 5.54. The molecule has 0 aliphatic rings. The van der Waals surface area contributed by atoms with Crippen LogP contribution in [0, 0.1) is 0 Å². The van der Waals surface area contributed by atoms with Gasteiger partial charge in [0.15, 0.2) is 0 Å². The predicted octanol–water partition coefficient (Wildman–Crippen LogP) is 2.62. The van der Waals surface area contributed by atoms with Gasteiger partial charge in [0.05, 0.1) is 6.61 Å². The van der Waals surface area contributed by atoms with Crippen molar-refractivity contribution in [2.24, 2.45) is 0 Å². The summed E-state index contributed by atoms with van der Waals surface area (Å²) in [6.07, 6.45) is -4.69. The van der Waals surface area contributed by atoms with Crippen LogP contribution in [0.25, 0.3) is 0 Å². The topological polar surface area (TPSA) is 41.5 Å². The molecule has 0 amide bonds. The van der Waals surface area contributed by atoms with Crippen molar-refractivity contribution < 1.29 is 23.0 Å². The molecule has 18 heavy (non-hydrogen) atoms. The molecule has 0 aliphatic heterocycles. The first-order chi connectivity index (χ1) is 8.31. The van der Waals surface area contributed by atoms with Gasteiger partial charge in [-0.15, -0.1) is 13.2 Å². The minimum atomic E-state index is -4.69. The van der Waals surface area contributed by atoms with Crippen LogP contribution in [0.5, 0.6) is 5.75 Å². The number of benzene rings is 1. The summed E-state index contributed by atoms with van der Waals surface area (Å²) in [6, 6.07) is 5.47. The summed E-state index contributed by atoms with van der Waals surface area (Å²) in [6.45, 7) is 3.55. The van der Waals surface area contributed by atoms with E-state index in [4.69, 9.17) is 5.11 Å². The molecule has 1 unspecified atom stereocenters. The quantitative estimate of drug-likeness (QED) is 0.858. The zero-order valence-electron chi connectivity index (χ0n) is 10.2. The first kappa shape index (κ1) is 14.8. The number of halogens is 3. The highest BCUT2D eigenvalue weighted by Gasteiger charge is 2.31. The summed E-state index contributed by atoms with van der Waals surface area (Å²) in [5.41, 5.74) is 0.664. The molecule has 1 aromatic rings. The lowest BCUT2D eigenvalue weighted by atomic mass is 10.1. The fourth-order valence-corrected chi connectivity index (χ4v) is 1.56. The zero-order chi connectivity index (χ0) is 13.8. The molecule has 0 fully saturated rings. The van der Waals surface area contributed by atoms with Crippen LogP contribution in [0.15, 0.2) is 24.3 Å². The van der Waals surface area contributed by atoms with Crippen molar-refractivity contribution in [2.75, 3.05) is 6.61 Å². The number of rotatable bonds is 5. The van der Waals surface area contributed by atoms with Gasteiger partial charge in [0, 0.05) is 12.1 Å². The van der Waals surface area contributed by atoms with E-state index in [0.717, 1.165) is 0 Å². The summed E-state index contributed by atoms with van der Waals surface area (Å²) in [7, 11) is 0. The Labute approximate surface area is 104 Å². The molecule has 2 atom stereocenters. The van der Waals surface area contributed by atoms with Crippen LogP contribution >= 0.6 is 0 Å². The maximum Gasteiger partial charge on any atom is 0.573 e.